The molecule has 1 N–H and O–H groups in total. The summed E-state index contributed by atoms with van der Waals surface area (Å²) in [5.74, 6) is 0.725. The van der Waals surface area contributed by atoms with Gasteiger partial charge in [-0.3, -0.25) is 0 Å². The summed E-state index contributed by atoms with van der Waals surface area (Å²) in [5, 5.41) is 5.71. The second kappa shape index (κ2) is 6.88. The zero-order valence-electron chi connectivity index (χ0n) is 12.0. The number of rotatable bonds is 6. The van der Waals surface area contributed by atoms with Gasteiger partial charge >= 0.3 is 0 Å². The highest BCUT2D eigenvalue weighted by Gasteiger charge is 2.05. The molecule has 0 bridgehead atoms. The zero-order valence-corrected chi connectivity index (χ0v) is 12.8. The van der Waals surface area contributed by atoms with Gasteiger partial charge in [0.25, 0.3) is 0 Å². The molecule has 0 radical (unpaired) electrons. The molecule has 0 unspecified atom stereocenters. The monoisotopic (exact) mass is 273 g/mol. The van der Waals surface area contributed by atoms with Gasteiger partial charge in [-0.1, -0.05) is 44.2 Å². The Kier molecular flexibility index (Phi) is 5.17. The van der Waals surface area contributed by atoms with Crippen LogP contribution in [0.5, 0.6) is 0 Å². The van der Waals surface area contributed by atoms with Crippen molar-refractivity contribution in [3.05, 3.63) is 57.8 Å². The summed E-state index contributed by atoms with van der Waals surface area (Å²) in [5.41, 5.74) is 2.79. The van der Waals surface area contributed by atoms with Crippen LogP contribution in [0.15, 0.2) is 41.8 Å². The van der Waals surface area contributed by atoms with Crippen LogP contribution in [0, 0.1) is 5.92 Å². The Morgan fingerprint density at radius 1 is 1.00 bits per heavy atom. The van der Waals surface area contributed by atoms with E-state index in [1.54, 1.807) is 0 Å². The van der Waals surface area contributed by atoms with Crippen LogP contribution in [0.1, 0.15) is 42.8 Å². The van der Waals surface area contributed by atoms with Crippen molar-refractivity contribution in [3.63, 3.8) is 0 Å². The molecule has 0 aliphatic heterocycles. The average molecular weight is 273 g/mol. The fourth-order valence-corrected chi connectivity index (χ4v) is 2.93. The summed E-state index contributed by atoms with van der Waals surface area (Å²) < 4.78 is 0. The Bertz CT molecular complexity index is 470. The summed E-state index contributed by atoms with van der Waals surface area (Å²) in [6, 6.07) is 13.7. The molecular formula is C17H23NS. The largest absolute Gasteiger partial charge is 0.305 e. The highest BCUT2D eigenvalue weighted by atomic mass is 32.1. The van der Waals surface area contributed by atoms with E-state index in [0.29, 0.717) is 6.04 Å². The smallest absolute Gasteiger partial charge is 0.0388 e. The second-order valence-electron chi connectivity index (χ2n) is 5.53. The minimum atomic E-state index is 0.426. The van der Waals surface area contributed by atoms with Gasteiger partial charge in [0.15, 0.2) is 0 Å². The molecule has 2 rings (SSSR count). The maximum absolute atomic E-state index is 3.57. The summed E-state index contributed by atoms with van der Waals surface area (Å²) in [7, 11) is 0. The van der Waals surface area contributed by atoms with Crippen LogP contribution in [0.3, 0.4) is 0 Å². The first-order valence-corrected chi connectivity index (χ1v) is 7.87. The van der Waals surface area contributed by atoms with E-state index in [1.165, 1.54) is 22.4 Å². The van der Waals surface area contributed by atoms with Crippen LogP contribution in [-0.4, -0.2) is 0 Å². The highest BCUT2D eigenvalue weighted by molar-refractivity contribution is 7.10. The topological polar surface area (TPSA) is 12.0 Å². The van der Waals surface area contributed by atoms with Gasteiger partial charge in [-0.15, -0.1) is 11.3 Å². The van der Waals surface area contributed by atoms with Crippen molar-refractivity contribution in [3.8, 4) is 0 Å². The average Bonchev–Trinajstić information content (AvgIpc) is 2.91. The van der Waals surface area contributed by atoms with E-state index in [-0.39, 0.29) is 0 Å². The molecule has 0 spiro atoms. The van der Waals surface area contributed by atoms with Crippen molar-refractivity contribution in [1.82, 2.24) is 5.32 Å². The molecule has 0 saturated carbocycles. The molecule has 0 amide bonds. The molecule has 2 aromatic rings. The Balaban J connectivity index is 1.86. The molecule has 0 aliphatic rings. The second-order valence-corrected chi connectivity index (χ2v) is 6.51. The summed E-state index contributed by atoms with van der Waals surface area (Å²) in [6.07, 6.45) is 1.17. The predicted molar refractivity (Wildman–Crippen MR) is 84.6 cm³/mol. The maximum Gasteiger partial charge on any atom is 0.0388 e. The lowest BCUT2D eigenvalue weighted by Gasteiger charge is -2.12. The lowest BCUT2D eigenvalue weighted by Crippen LogP contribution is -2.17. The van der Waals surface area contributed by atoms with Gasteiger partial charge in [0.1, 0.15) is 0 Å². The molecule has 0 fully saturated rings. The Morgan fingerprint density at radius 3 is 2.26 bits per heavy atom. The Morgan fingerprint density at radius 2 is 1.68 bits per heavy atom. The fourth-order valence-electron chi connectivity index (χ4n) is 2.17. The van der Waals surface area contributed by atoms with Gasteiger partial charge < -0.3 is 5.32 Å². The van der Waals surface area contributed by atoms with E-state index >= 15 is 0 Å². The summed E-state index contributed by atoms with van der Waals surface area (Å²) in [4.78, 5) is 1.40. The number of hydrogen-bond donors (Lipinski definition) is 1. The van der Waals surface area contributed by atoms with Crippen molar-refractivity contribution >= 4 is 11.3 Å². The first-order chi connectivity index (χ1) is 9.15. The van der Waals surface area contributed by atoms with Crippen molar-refractivity contribution in [1.29, 1.82) is 0 Å². The molecule has 2 heteroatoms. The van der Waals surface area contributed by atoms with Crippen molar-refractivity contribution in [2.75, 3.05) is 0 Å². The molecule has 1 aromatic carbocycles. The molecule has 102 valence electrons. The van der Waals surface area contributed by atoms with Crippen LogP contribution in [0.2, 0.25) is 0 Å². The standard InChI is InChI=1S/C17H23NS/c1-13(2)11-15-6-8-16(9-7-15)12-18-14(3)17-5-4-10-19-17/h4-10,13-14,18H,11-12H2,1-3H3/t14-/m1/s1. The lowest BCUT2D eigenvalue weighted by molar-refractivity contribution is 0.582. The van der Waals surface area contributed by atoms with Gasteiger partial charge in [-0.2, -0.15) is 0 Å². The van der Waals surface area contributed by atoms with Crippen LogP contribution in [0.25, 0.3) is 0 Å². The molecule has 1 aromatic heterocycles. The molecule has 0 saturated heterocycles. The van der Waals surface area contributed by atoms with Gasteiger partial charge in [0.05, 0.1) is 0 Å². The van der Waals surface area contributed by atoms with E-state index in [1.807, 2.05) is 11.3 Å². The van der Waals surface area contributed by atoms with Crippen LogP contribution >= 0.6 is 11.3 Å². The number of thiophene rings is 1. The molecule has 1 nitrogen and oxygen atoms in total. The van der Waals surface area contributed by atoms with Crippen LogP contribution in [-0.2, 0) is 13.0 Å². The van der Waals surface area contributed by atoms with E-state index < -0.39 is 0 Å². The fraction of sp³-hybridized carbons (Fsp3) is 0.412. The van der Waals surface area contributed by atoms with E-state index in [2.05, 4.69) is 67.9 Å². The quantitative estimate of drug-likeness (QED) is 0.797. The third-order valence-corrected chi connectivity index (χ3v) is 4.30. The summed E-state index contributed by atoms with van der Waals surface area (Å²) >= 11 is 1.81. The van der Waals surface area contributed by atoms with E-state index in [9.17, 15) is 0 Å². The molecule has 1 heterocycles. The highest BCUT2D eigenvalue weighted by Crippen LogP contribution is 2.18. The zero-order chi connectivity index (χ0) is 13.7. The van der Waals surface area contributed by atoms with Crippen molar-refractivity contribution in [2.24, 2.45) is 5.92 Å². The van der Waals surface area contributed by atoms with Gasteiger partial charge in [-0.05, 0) is 41.8 Å². The van der Waals surface area contributed by atoms with Crippen LogP contribution in [0.4, 0.5) is 0 Å². The SMILES string of the molecule is CC(C)Cc1ccc(CN[C@H](C)c2cccs2)cc1. The molecular weight excluding hydrogens is 250 g/mol. The molecule has 0 aliphatic carbocycles. The normalized spacial score (nSPS) is 12.8. The summed E-state index contributed by atoms with van der Waals surface area (Å²) in [6.45, 7) is 7.68. The number of nitrogens with one attached hydrogen (secondary N) is 1. The van der Waals surface area contributed by atoms with Gasteiger partial charge in [0.2, 0.25) is 0 Å². The van der Waals surface area contributed by atoms with E-state index in [0.717, 1.165) is 12.5 Å². The van der Waals surface area contributed by atoms with Crippen molar-refractivity contribution < 1.29 is 0 Å². The lowest BCUT2D eigenvalue weighted by atomic mass is 10.0. The third-order valence-electron chi connectivity index (χ3n) is 3.25. The van der Waals surface area contributed by atoms with Gasteiger partial charge in [-0.25, -0.2) is 0 Å². The molecule has 19 heavy (non-hydrogen) atoms. The Labute approximate surface area is 120 Å². The minimum absolute atomic E-state index is 0.426. The first kappa shape index (κ1) is 14.3. The minimum Gasteiger partial charge on any atom is -0.305 e. The van der Waals surface area contributed by atoms with Gasteiger partial charge in [0, 0.05) is 17.5 Å². The number of benzene rings is 1. The maximum atomic E-state index is 3.57. The van der Waals surface area contributed by atoms with Crippen molar-refractivity contribution in [2.45, 2.75) is 39.8 Å². The Hall–Kier alpha value is -1.12. The first-order valence-electron chi connectivity index (χ1n) is 6.99. The third kappa shape index (κ3) is 4.48. The van der Waals surface area contributed by atoms with Crippen LogP contribution < -0.4 is 5.32 Å². The predicted octanol–water partition coefficient (Wildman–Crippen LogP) is 4.80. The molecule has 1 atom stereocenters. The van der Waals surface area contributed by atoms with E-state index in [4.69, 9.17) is 0 Å². The number of hydrogen-bond acceptors (Lipinski definition) is 2.